The van der Waals surface area contributed by atoms with Crippen LogP contribution in [0, 0.1) is 25.3 Å². The van der Waals surface area contributed by atoms with Crippen molar-refractivity contribution in [3.8, 4) is 11.5 Å². The Morgan fingerprint density at radius 2 is 1.86 bits per heavy atom. The first-order valence-corrected chi connectivity index (χ1v) is 12.0. The second-order valence-corrected chi connectivity index (χ2v) is 9.53. The first kappa shape index (κ1) is 26.0. The fourth-order valence-corrected chi connectivity index (χ4v) is 3.96. The summed E-state index contributed by atoms with van der Waals surface area (Å²) >= 11 is 1.89. The van der Waals surface area contributed by atoms with Crippen molar-refractivity contribution in [3.05, 3.63) is 85.5 Å². The predicted molar refractivity (Wildman–Crippen MR) is 129 cm³/mol. The second kappa shape index (κ2) is 10.8. The summed E-state index contributed by atoms with van der Waals surface area (Å²) in [6.45, 7) is -0.343. The molecule has 1 amide bonds. The zero-order valence-electron chi connectivity index (χ0n) is 17.3. The van der Waals surface area contributed by atoms with Crippen molar-refractivity contribution >= 4 is 56.0 Å². The summed E-state index contributed by atoms with van der Waals surface area (Å²) < 4.78 is 61.1. The maximum Gasteiger partial charge on any atom is 0.419 e. The Bertz CT molecular complexity index is 1410. The molecule has 15 heteroatoms. The molecule has 35 heavy (non-hydrogen) atoms. The summed E-state index contributed by atoms with van der Waals surface area (Å²) in [5, 5.41) is 22.8. The number of ether oxygens (including phenoxy) is 1. The molecule has 4 N–H and O–H groups in total. The average Bonchev–Trinajstić information content (AvgIpc) is 2.73. The number of halogens is 3. The van der Waals surface area contributed by atoms with Crippen molar-refractivity contribution in [2.24, 2.45) is 0 Å². The van der Waals surface area contributed by atoms with E-state index in [0.29, 0.717) is 9.13 Å². The normalized spacial score (nSPS) is 11.1. The number of nitro benzene ring substituents is 1. The molecule has 0 heterocycles. The van der Waals surface area contributed by atoms with Crippen LogP contribution in [0.4, 0.5) is 30.6 Å². The van der Waals surface area contributed by atoms with Crippen LogP contribution >= 0.6 is 22.6 Å². The molecule has 0 aliphatic rings. The molecule has 0 aliphatic heterocycles. The number of amides is 1. The molecule has 0 aromatic heterocycles. The molecule has 0 fully saturated rings. The zero-order chi connectivity index (χ0) is 25.8. The van der Waals surface area contributed by atoms with Gasteiger partial charge in [-0.1, -0.05) is 12.1 Å². The van der Waals surface area contributed by atoms with Gasteiger partial charge in [0.15, 0.2) is 0 Å². The van der Waals surface area contributed by atoms with Crippen LogP contribution in [0.2, 0.25) is 0 Å². The standard InChI is InChI=1S/C20H15F2IN4O7S/c21-12-7-17(25-16-5-4-13(23)9-15(16)22)19(27(30)31)18(8-12)34-14-3-1-2-11(6-14)10-24-35(32,33)26-20(28)29/h1-9,24-26H,10H2,(H,28,29). The van der Waals surface area contributed by atoms with Crippen LogP contribution in [0.15, 0.2) is 54.6 Å². The number of hydrogen-bond donors (Lipinski definition) is 4. The molecule has 3 aromatic rings. The Kier molecular flexibility index (Phi) is 8.03. The molecule has 0 saturated carbocycles. The molecule has 3 rings (SSSR count). The highest BCUT2D eigenvalue weighted by atomic mass is 127. The van der Waals surface area contributed by atoms with Crippen molar-refractivity contribution in [2.75, 3.05) is 5.32 Å². The van der Waals surface area contributed by atoms with Crippen LogP contribution in [-0.2, 0) is 16.8 Å². The van der Waals surface area contributed by atoms with Gasteiger partial charge in [0.25, 0.3) is 0 Å². The highest BCUT2D eigenvalue weighted by molar-refractivity contribution is 14.1. The SMILES string of the molecule is O=C(O)NS(=O)(=O)NCc1cccc(Oc2cc(F)cc(Nc3ccc(I)cc3F)c2[N+](=O)[O-])c1. The van der Waals surface area contributed by atoms with E-state index < -0.39 is 44.3 Å². The predicted octanol–water partition coefficient (Wildman–Crippen LogP) is 4.62. The van der Waals surface area contributed by atoms with E-state index in [1.54, 1.807) is 6.07 Å². The fraction of sp³-hybridized carbons (Fsp3) is 0.0500. The van der Waals surface area contributed by atoms with Gasteiger partial charge in [-0.15, -0.1) is 0 Å². The summed E-state index contributed by atoms with van der Waals surface area (Å²) in [6.07, 6.45) is -1.78. The first-order chi connectivity index (χ1) is 16.4. The van der Waals surface area contributed by atoms with Gasteiger partial charge in [-0.3, -0.25) is 10.1 Å². The van der Waals surface area contributed by atoms with Crippen molar-refractivity contribution in [1.82, 2.24) is 9.44 Å². The van der Waals surface area contributed by atoms with E-state index in [9.17, 15) is 32.1 Å². The van der Waals surface area contributed by atoms with Crippen molar-refractivity contribution in [2.45, 2.75) is 6.54 Å². The number of carbonyl (C=O) groups is 1. The Hall–Kier alpha value is -3.57. The monoisotopic (exact) mass is 620 g/mol. The molecule has 3 aromatic carbocycles. The van der Waals surface area contributed by atoms with E-state index in [2.05, 4.69) is 5.32 Å². The zero-order valence-corrected chi connectivity index (χ0v) is 20.3. The lowest BCUT2D eigenvalue weighted by molar-refractivity contribution is -0.384. The minimum absolute atomic E-state index is 0.00649. The number of nitrogens with one attached hydrogen (secondary N) is 3. The molecule has 0 spiro atoms. The molecule has 0 bridgehead atoms. The lowest BCUT2D eigenvalue weighted by Crippen LogP contribution is -2.39. The van der Waals surface area contributed by atoms with Crippen molar-refractivity contribution in [1.29, 1.82) is 0 Å². The van der Waals surface area contributed by atoms with E-state index in [1.807, 2.05) is 27.3 Å². The Balaban J connectivity index is 1.89. The second-order valence-electron chi connectivity index (χ2n) is 6.79. The molecule has 0 aliphatic carbocycles. The van der Waals surface area contributed by atoms with E-state index in [1.165, 1.54) is 41.1 Å². The van der Waals surface area contributed by atoms with Crippen LogP contribution in [0.3, 0.4) is 0 Å². The summed E-state index contributed by atoms with van der Waals surface area (Å²) in [6, 6.07) is 11.3. The minimum Gasteiger partial charge on any atom is -0.464 e. The van der Waals surface area contributed by atoms with Gasteiger partial charge in [-0.05, 0) is 58.5 Å². The third-order valence-corrected chi connectivity index (χ3v) is 5.88. The number of hydrogen-bond acceptors (Lipinski definition) is 7. The molecule has 0 unspecified atom stereocenters. The van der Waals surface area contributed by atoms with Gasteiger partial charge >= 0.3 is 22.0 Å². The third-order valence-electron chi connectivity index (χ3n) is 4.24. The smallest absolute Gasteiger partial charge is 0.419 e. The molecule has 11 nitrogen and oxygen atoms in total. The van der Waals surface area contributed by atoms with Gasteiger partial charge in [0, 0.05) is 22.2 Å². The molecule has 184 valence electrons. The quantitative estimate of drug-likeness (QED) is 0.153. The van der Waals surface area contributed by atoms with Gasteiger partial charge in [-0.2, -0.15) is 13.1 Å². The van der Waals surface area contributed by atoms with E-state index in [4.69, 9.17) is 9.84 Å². The highest BCUT2D eigenvalue weighted by Gasteiger charge is 2.25. The van der Waals surface area contributed by atoms with Crippen molar-refractivity contribution in [3.63, 3.8) is 0 Å². The van der Waals surface area contributed by atoms with Gasteiger partial charge in [-0.25, -0.2) is 18.3 Å². The number of benzene rings is 3. The summed E-state index contributed by atoms with van der Waals surface area (Å²) in [7, 11) is -4.33. The fourth-order valence-electron chi connectivity index (χ4n) is 2.85. The highest BCUT2D eigenvalue weighted by Crippen LogP contribution is 2.40. The lowest BCUT2D eigenvalue weighted by Gasteiger charge is -2.13. The minimum atomic E-state index is -4.33. The van der Waals surface area contributed by atoms with E-state index in [0.717, 1.165) is 12.1 Å². The lowest BCUT2D eigenvalue weighted by atomic mass is 10.2. The number of carboxylic acid groups (broad SMARTS) is 1. The Labute approximate surface area is 210 Å². The molecular formula is C20H15F2IN4O7S. The maximum absolute atomic E-state index is 14.3. The van der Waals surface area contributed by atoms with Crippen LogP contribution in [0.25, 0.3) is 0 Å². The molecule has 0 radical (unpaired) electrons. The molecule has 0 atom stereocenters. The largest absolute Gasteiger partial charge is 0.464 e. The van der Waals surface area contributed by atoms with Crippen LogP contribution in [0.1, 0.15) is 5.56 Å². The molecular weight excluding hydrogens is 605 g/mol. The van der Waals surface area contributed by atoms with Crippen LogP contribution in [0.5, 0.6) is 11.5 Å². The summed E-state index contributed by atoms with van der Waals surface area (Å²) in [5.74, 6) is -2.10. The third kappa shape index (κ3) is 7.20. The van der Waals surface area contributed by atoms with Gasteiger partial charge < -0.3 is 15.2 Å². The summed E-state index contributed by atoms with van der Waals surface area (Å²) in [5.41, 5.74) is -0.833. The van der Waals surface area contributed by atoms with Gasteiger partial charge in [0.2, 0.25) is 5.75 Å². The number of nitro groups is 1. The van der Waals surface area contributed by atoms with Crippen molar-refractivity contribution < 1.29 is 36.8 Å². The topological polar surface area (TPSA) is 160 Å². The Morgan fingerprint density at radius 3 is 2.51 bits per heavy atom. The van der Waals surface area contributed by atoms with E-state index >= 15 is 0 Å². The van der Waals surface area contributed by atoms with Crippen LogP contribution in [-0.4, -0.2) is 24.5 Å². The first-order valence-electron chi connectivity index (χ1n) is 9.40. The van der Waals surface area contributed by atoms with Gasteiger partial charge in [0.1, 0.15) is 23.1 Å². The summed E-state index contributed by atoms with van der Waals surface area (Å²) in [4.78, 5) is 21.5. The maximum atomic E-state index is 14.3. The van der Waals surface area contributed by atoms with E-state index in [-0.39, 0.29) is 23.7 Å². The average molecular weight is 620 g/mol. The van der Waals surface area contributed by atoms with Gasteiger partial charge in [0.05, 0.1) is 10.6 Å². The number of rotatable bonds is 9. The van der Waals surface area contributed by atoms with Crippen LogP contribution < -0.4 is 19.5 Å². The number of nitrogens with zero attached hydrogens (tertiary/aromatic N) is 1. The molecule has 0 saturated heterocycles. The Morgan fingerprint density at radius 1 is 1.11 bits per heavy atom. The number of anilines is 2.